The highest BCUT2D eigenvalue weighted by molar-refractivity contribution is 5.49. The normalized spacial score (nSPS) is 10.1. The molecular formula is C11H14N4O. The van der Waals surface area contributed by atoms with Crippen LogP contribution in [-0.2, 0) is 6.54 Å². The van der Waals surface area contributed by atoms with Gasteiger partial charge in [-0.1, -0.05) is 0 Å². The first-order valence-corrected chi connectivity index (χ1v) is 5.20. The number of H-pyrrole nitrogens is 1. The predicted octanol–water partition coefficient (Wildman–Crippen LogP) is 1.82. The van der Waals surface area contributed by atoms with Gasteiger partial charge in [-0.2, -0.15) is 5.10 Å². The van der Waals surface area contributed by atoms with Crippen LogP contribution in [0.1, 0.15) is 12.6 Å². The maximum Gasteiger partial charge on any atom is 0.169 e. The lowest BCUT2D eigenvalue weighted by molar-refractivity contribution is 0.340. The number of pyridine rings is 1. The van der Waals surface area contributed by atoms with Gasteiger partial charge in [-0.25, -0.2) is 4.98 Å². The Morgan fingerprint density at radius 1 is 1.38 bits per heavy atom. The molecule has 0 saturated heterocycles. The van der Waals surface area contributed by atoms with Crippen LogP contribution in [0, 0.1) is 0 Å². The lowest BCUT2D eigenvalue weighted by atomic mass is 10.4. The molecule has 0 aliphatic carbocycles. The van der Waals surface area contributed by atoms with Gasteiger partial charge in [0, 0.05) is 12.4 Å². The van der Waals surface area contributed by atoms with Crippen LogP contribution >= 0.6 is 0 Å². The van der Waals surface area contributed by atoms with Crippen molar-refractivity contribution >= 4 is 5.82 Å². The molecule has 0 aromatic carbocycles. The second-order valence-corrected chi connectivity index (χ2v) is 3.22. The Bertz CT molecular complexity index is 427. The number of hydrogen-bond acceptors (Lipinski definition) is 4. The molecule has 0 spiro atoms. The Morgan fingerprint density at radius 3 is 3.06 bits per heavy atom. The third-order valence-corrected chi connectivity index (χ3v) is 2.08. The van der Waals surface area contributed by atoms with Gasteiger partial charge in [0.15, 0.2) is 11.6 Å². The van der Waals surface area contributed by atoms with Gasteiger partial charge in [0.05, 0.1) is 18.8 Å². The summed E-state index contributed by atoms with van der Waals surface area (Å²) in [5.41, 5.74) is 1.01. The molecule has 2 heterocycles. The van der Waals surface area contributed by atoms with Gasteiger partial charge in [-0.15, -0.1) is 0 Å². The van der Waals surface area contributed by atoms with Crippen molar-refractivity contribution in [2.45, 2.75) is 13.5 Å². The molecule has 0 radical (unpaired) electrons. The van der Waals surface area contributed by atoms with Crippen molar-refractivity contribution in [1.29, 1.82) is 0 Å². The van der Waals surface area contributed by atoms with Crippen molar-refractivity contribution in [3.05, 3.63) is 36.3 Å². The van der Waals surface area contributed by atoms with Crippen LogP contribution in [0.2, 0.25) is 0 Å². The summed E-state index contributed by atoms with van der Waals surface area (Å²) in [5.74, 6) is 1.52. The summed E-state index contributed by atoms with van der Waals surface area (Å²) in [4.78, 5) is 4.23. The van der Waals surface area contributed by atoms with Gasteiger partial charge in [0.1, 0.15) is 0 Å². The van der Waals surface area contributed by atoms with Crippen molar-refractivity contribution in [2.24, 2.45) is 0 Å². The summed E-state index contributed by atoms with van der Waals surface area (Å²) in [6.07, 6.45) is 3.46. The Balaban J connectivity index is 2.03. The Hall–Kier alpha value is -2.04. The molecule has 0 atom stereocenters. The highest BCUT2D eigenvalue weighted by Crippen LogP contribution is 2.20. The van der Waals surface area contributed by atoms with Crippen LogP contribution < -0.4 is 10.1 Å². The minimum Gasteiger partial charge on any atom is -0.490 e. The first-order valence-electron chi connectivity index (χ1n) is 5.20. The van der Waals surface area contributed by atoms with E-state index < -0.39 is 0 Å². The highest BCUT2D eigenvalue weighted by Gasteiger charge is 2.03. The molecule has 0 unspecified atom stereocenters. The summed E-state index contributed by atoms with van der Waals surface area (Å²) in [7, 11) is 0. The third kappa shape index (κ3) is 2.50. The first-order chi connectivity index (χ1) is 7.90. The molecule has 0 fully saturated rings. The standard InChI is InChI=1S/C11H14N4O/c1-2-16-10-4-3-6-12-11(10)13-8-9-5-7-14-15-9/h3-7H,2,8H2,1H3,(H,12,13)(H,14,15). The molecule has 0 aliphatic rings. The van der Waals surface area contributed by atoms with Gasteiger partial charge in [-0.05, 0) is 25.1 Å². The summed E-state index contributed by atoms with van der Waals surface area (Å²) in [5, 5.41) is 9.95. The van der Waals surface area contributed by atoms with Gasteiger partial charge in [0.2, 0.25) is 0 Å². The van der Waals surface area contributed by atoms with E-state index in [0.717, 1.165) is 17.3 Å². The number of nitrogens with zero attached hydrogens (tertiary/aromatic N) is 2. The van der Waals surface area contributed by atoms with E-state index in [1.165, 1.54) is 0 Å². The predicted molar refractivity (Wildman–Crippen MR) is 61.3 cm³/mol. The molecule has 2 rings (SSSR count). The van der Waals surface area contributed by atoms with E-state index in [-0.39, 0.29) is 0 Å². The molecule has 0 bridgehead atoms. The highest BCUT2D eigenvalue weighted by atomic mass is 16.5. The third-order valence-electron chi connectivity index (χ3n) is 2.08. The van der Waals surface area contributed by atoms with Crippen LogP contribution in [0.3, 0.4) is 0 Å². The maximum atomic E-state index is 5.46. The summed E-state index contributed by atoms with van der Waals surface area (Å²) in [6, 6.07) is 5.66. The number of nitrogens with one attached hydrogen (secondary N) is 2. The quantitative estimate of drug-likeness (QED) is 0.803. The second-order valence-electron chi connectivity index (χ2n) is 3.22. The van der Waals surface area contributed by atoms with Crippen molar-refractivity contribution in [3.8, 4) is 5.75 Å². The summed E-state index contributed by atoms with van der Waals surface area (Å²) >= 11 is 0. The van der Waals surface area contributed by atoms with Crippen LogP contribution in [0.15, 0.2) is 30.6 Å². The lowest BCUT2D eigenvalue weighted by Crippen LogP contribution is -2.04. The lowest BCUT2D eigenvalue weighted by Gasteiger charge is -2.09. The number of anilines is 1. The number of rotatable bonds is 5. The van der Waals surface area contributed by atoms with Gasteiger partial charge >= 0.3 is 0 Å². The van der Waals surface area contributed by atoms with E-state index in [1.54, 1.807) is 12.4 Å². The summed E-state index contributed by atoms with van der Waals surface area (Å²) < 4.78 is 5.46. The minimum absolute atomic E-state index is 0.629. The molecule has 0 saturated carbocycles. The van der Waals surface area contributed by atoms with Crippen molar-refractivity contribution in [1.82, 2.24) is 15.2 Å². The van der Waals surface area contributed by atoms with Crippen LogP contribution in [0.5, 0.6) is 5.75 Å². The molecule has 0 aliphatic heterocycles. The molecule has 2 aromatic heterocycles. The second kappa shape index (κ2) is 5.16. The van der Waals surface area contributed by atoms with Gasteiger partial charge in [0.25, 0.3) is 0 Å². The van der Waals surface area contributed by atoms with E-state index in [0.29, 0.717) is 13.2 Å². The molecule has 16 heavy (non-hydrogen) atoms. The minimum atomic E-state index is 0.629. The molecule has 2 aromatic rings. The zero-order valence-electron chi connectivity index (χ0n) is 9.10. The first kappa shape index (κ1) is 10.5. The fraction of sp³-hybridized carbons (Fsp3) is 0.273. The molecule has 84 valence electrons. The van der Waals surface area contributed by atoms with Crippen LogP contribution in [-0.4, -0.2) is 21.8 Å². The molecule has 5 nitrogen and oxygen atoms in total. The Kier molecular flexibility index (Phi) is 3.38. The Labute approximate surface area is 93.9 Å². The van der Waals surface area contributed by atoms with Crippen molar-refractivity contribution < 1.29 is 4.74 Å². The van der Waals surface area contributed by atoms with Gasteiger partial charge < -0.3 is 10.1 Å². The van der Waals surface area contributed by atoms with E-state index in [4.69, 9.17) is 4.74 Å². The number of ether oxygens (including phenoxy) is 1. The van der Waals surface area contributed by atoms with E-state index in [9.17, 15) is 0 Å². The number of aromatic amines is 1. The average Bonchev–Trinajstić information content (AvgIpc) is 2.81. The number of hydrogen-bond donors (Lipinski definition) is 2. The largest absolute Gasteiger partial charge is 0.490 e. The molecule has 0 amide bonds. The van der Waals surface area contributed by atoms with Gasteiger partial charge in [-0.3, -0.25) is 5.10 Å². The molecule has 2 N–H and O–H groups in total. The SMILES string of the molecule is CCOc1cccnc1NCc1ccn[nH]1. The monoisotopic (exact) mass is 218 g/mol. The smallest absolute Gasteiger partial charge is 0.169 e. The topological polar surface area (TPSA) is 62.8 Å². The fourth-order valence-corrected chi connectivity index (χ4v) is 1.36. The Morgan fingerprint density at radius 2 is 2.31 bits per heavy atom. The average molecular weight is 218 g/mol. The van der Waals surface area contributed by atoms with E-state index >= 15 is 0 Å². The van der Waals surface area contributed by atoms with E-state index in [2.05, 4.69) is 20.5 Å². The zero-order valence-corrected chi connectivity index (χ0v) is 9.10. The maximum absolute atomic E-state index is 5.46. The zero-order chi connectivity index (χ0) is 11.2. The van der Waals surface area contributed by atoms with Crippen molar-refractivity contribution in [3.63, 3.8) is 0 Å². The van der Waals surface area contributed by atoms with Crippen LogP contribution in [0.25, 0.3) is 0 Å². The number of aromatic nitrogens is 3. The molecule has 5 heteroatoms. The summed E-state index contributed by atoms with van der Waals surface area (Å²) in [6.45, 7) is 3.23. The van der Waals surface area contributed by atoms with Crippen molar-refractivity contribution in [2.75, 3.05) is 11.9 Å². The molecular weight excluding hydrogens is 204 g/mol. The van der Waals surface area contributed by atoms with Crippen LogP contribution in [0.4, 0.5) is 5.82 Å². The fourth-order valence-electron chi connectivity index (χ4n) is 1.36. The van der Waals surface area contributed by atoms with E-state index in [1.807, 2.05) is 25.1 Å².